The van der Waals surface area contributed by atoms with Crippen molar-refractivity contribution in [2.75, 3.05) is 51.3 Å². The second-order valence-electron chi connectivity index (χ2n) is 7.79. The van der Waals surface area contributed by atoms with Gasteiger partial charge in [0.25, 0.3) is 0 Å². The van der Waals surface area contributed by atoms with Gasteiger partial charge in [-0.1, -0.05) is 17.7 Å². The maximum Gasteiger partial charge on any atom is 0.234 e. The highest BCUT2D eigenvalue weighted by Crippen LogP contribution is 2.19. The summed E-state index contributed by atoms with van der Waals surface area (Å²) in [5.41, 5.74) is 5.24. The summed E-state index contributed by atoms with van der Waals surface area (Å²) in [5.74, 6) is 1.84. The van der Waals surface area contributed by atoms with E-state index in [-0.39, 0.29) is 5.91 Å². The summed E-state index contributed by atoms with van der Waals surface area (Å²) >= 11 is 0. The van der Waals surface area contributed by atoms with Crippen LogP contribution in [0.15, 0.2) is 30.5 Å². The molecule has 0 aliphatic carbocycles. The third kappa shape index (κ3) is 5.70. The highest BCUT2D eigenvalue weighted by Gasteiger charge is 2.20. The Bertz CT molecular complexity index is 822. The molecule has 6 heteroatoms. The summed E-state index contributed by atoms with van der Waals surface area (Å²) < 4.78 is 5.28. The molecule has 1 saturated heterocycles. The number of hydrogen-bond donors (Lipinski definition) is 1. The van der Waals surface area contributed by atoms with Crippen LogP contribution in [0.5, 0.6) is 5.75 Å². The van der Waals surface area contributed by atoms with Gasteiger partial charge in [0, 0.05) is 45.0 Å². The Kier molecular flexibility index (Phi) is 7.09. The zero-order chi connectivity index (χ0) is 20.8. The predicted molar refractivity (Wildman–Crippen MR) is 117 cm³/mol. The summed E-state index contributed by atoms with van der Waals surface area (Å²) in [6.45, 7) is 11.0. The molecule has 0 atom stereocenters. The molecule has 156 valence electrons. The number of nitrogens with zero attached hydrogens (tertiary/aromatic N) is 3. The molecule has 0 radical (unpaired) electrons. The fourth-order valence-corrected chi connectivity index (χ4v) is 4.02. The normalized spacial score (nSPS) is 14.7. The number of carbonyl (C=O) groups is 1. The van der Waals surface area contributed by atoms with Crippen molar-refractivity contribution in [2.24, 2.45) is 0 Å². The predicted octanol–water partition coefficient (Wildman–Crippen LogP) is 2.50. The highest BCUT2D eigenvalue weighted by molar-refractivity contribution is 5.78. The summed E-state index contributed by atoms with van der Waals surface area (Å²) in [7, 11) is 1.66. The van der Waals surface area contributed by atoms with Gasteiger partial charge in [-0.2, -0.15) is 0 Å². The van der Waals surface area contributed by atoms with E-state index >= 15 is 0 Å². The van der Waals surface area contributed by atoms with Crippen molar-refractivity contribution < 1.29 is 9.53 Å². The van der Waals surface area contributed by atoms with Crippen molar-refractivity contribution >= 4 is 11.7 Å². The first-order chi connectivity index (χ1) is 14.0. The first-order valence-electron chi connectivity index (χ1n) is 10.3. The standard InChI is InChI=1S/C23H32N4O2/c1-17-13-18(2)21(19(3)14-17)6-8-25-23(28)16-26-9-11-27(12-10-26)22-15-20(29-4)5-7-24-22/h5,7,13-15H,6,8-12,16H2,1-4H3,(H,25,28). The summed E-state index contributed by atoms with van der Waals surface area (Å²) in [5, 5.41) is 3.08. The van der Waals surface area contributed by atoms with Gasteiger partial charge >= 0.3 is 0 Å². The third-order valence-corrected chi connectivity index (χ3v) is 5.55. The number of rotatable bonds is 7. The van der Waals surface area contributed by atoms with Crippen molar-refractivity contribution in [3.63, 3.8) is 0 Å². The summed E-state index contributed by atoms with van der Waals surface area (Å²) in [4.78, 5) is 21.2. The molecule has 0 saturated carbocycles. The first kappa shape index (κ1) is 21.1. The lowest BCUT2D eigenvalue weighted by atomic mass is 9.97. The minimum atomic E-state index is 0.0976. The molecule has 0 spiro atoms. The van der Waals surface area contributed by atoms with Crippen molar-refractivity contribution in [3.8, 4) is 5.75 Å². The van der Waals surface area contributed by atoms with E-state index in [9.17, 15) is 4.79 Å². The van der Waals surface area contributed by atoms with Crippen molar-refractivity contribution in [1.82, 2.24) is 15.2 Å². The first-order valence-corrected chi connectivity index (χ1v) is 10.3. The third-order valence-electron chi connectivity index (χ3n) is 5.55. The van der Waals surface area contributed by atoms with E-state index in [0.717, 1.165) is 44.2 Å². The van der Waals surface area contributed by atoms with Gasteiger partial charge in [-0.15, -0.1) is 0 Å². The van der Waals surface area contributed by atoms with E-state index in [2.05, 4.69) is 53.0 Å². The van der Waals surface area contributed by atoms with Gasteiger partial charge in [0.2, 0.25) is 5.91 Å². The number of anilines is 1. The number of amides is 1. The quantitative estimate of drug-likeness (QED) is 0.779. The molecule has 1 aromatic carbocycles. The lowest BCUT2D eigenvalue weighted by Crippen LogP contribution is -2.49. The molecule has 3 rings (SSSR count). The van der Waals surface area contributed by atoms with Gasteiger partial charge in [0.05, 0.1) is 13.7 Å². The maximum atomic E-state index is 12.4. The van der Waals surface area contributed by atoms with Crippen LogP contribution < -0.4 is 15.0 Å². The number of methoxy groups -OCH3 is 1. The molecule has 2 aromatic rings. The van der Waals surface area contributed by atoms with Crippen LogP contribution in [0.2, 0.25) is 0 Å². The number of aromatic nitrogens is 1. The number of ether oxygens (including phenoxy) is 1. The minimum Gasteiger partial charge on any atom is -0.497 e. The molecule has 2 heterocycles. The number of aryl methyl sites for hydroxylation is 3. The van der Waals surface area contributed by atoms with E-state index < -0.39 is 0 Å². The number of pyridine rings is 1. The fraction of sp³-hybridized carbons (Fsp3) is 0.478. The molecule has 29 heavy (non-hydrogen) atoms. The number of benzene rings is 1. The molecule has 0 unspecified atom stereocenters. The SMILES string of the molecule is COc1ccnc(N2CCN(CC(=O)NCCc3c(C)cc(C)cc3C)CC2)c1. The Morgan fingerprint density at radius 1 is 1.10 bits per heavy atom. The molecule has 1 aliphatic heterocycles. The van der Waals surface area contributed by atoms with Crippen molar-refractivity contribution in [1.29, 1.82) is 0 Å². The van der Waals surface area contributed by atoms with Gasteiger partial charge in [-0.3, -0.25) is 9.69 Å². The number of nitrogens with one attached hydrogen (secondary N) is 1. The molecule has 1 aliphatic rings. The average molecular weight is 397 g/mol. The molecule has 1 aromatic heterocycles. The van der Waals surface area contributed by atoms with Crippen LogP contribution in [0.1, 0.15) is 22.3 Å². The maximum absolute atomic E-state index is 12.4. The number of carbonyl (C=O) groups excluding carboxylic acids is 1. The van der Waals surface area contributed by atoms with Crippen LogP contribution >= 0.6 is 0 Å². The largest absolute Gasteiger partial charge is 0.497 e. The van der Waals surface area contributed by atoms with E-state index in [1.165, 1.54) is 22.3 Å². The van der Waals surface area contributed by atoms with Crippen LogP contribution in [0.25, 0.3) is 0 Å². The molecule has 0 bridgehead atoms. The second kappa shape index (κ2) is 9.74. The zero-order valence-corrected chi connectivity index (χ0v) is 18.0. The topological polar surface area (TPSA) is 57.7 Å². The molecular weight excluding hydrogens is 364 g/mol. The molecular formula is C23H32N4O2. The number of hydrogen-bond acceptors (Lipinski definition) is 5. The molecule has 6 nitrogen and oxygen atoms in total. The van der Waals surface area contributed by atoms with E-state index in [4.69, 9.17) is 4.74 Å². The minimum absolute atomic E-state index is 0.0976. The van der Waals surface area contributed by atoms with Gasteiger partial charge < -0.3 is 15.0 Å². The van der Waals surface area contributed by atoms with Crippen LogP contribution in [0.4, 0.5) is 5.82 Å². The Morgan fingerprint density at radius 2 is 1.79 bits per heavy atom. The average Bonchev–Trinajstić information content (AvgIpc) is 2.70. The van der Waals surface area contributed by atoms with E-state index in [1.54, 1.807) is 13.3 Å². The van der Waals surface area contributed by atoms with Crippen LogP contribution in [0.3, 0.4) is 0 Å². The Morgan fingerprint density at radius 3 is 2.45 bits per heavy atom. The summed E-state index contributed by atoms with van der Waals surface area (Å²) in [6, 6.07) is 8.22. The van der Waals surface area contributed by atoms with Gasteiger partial charge in [-0.25, -0.2) is 4.98 Å². The molecule has 1 amide bonds. The Hall–Kier alpha value is -2.60. The van der Waals surface area contributed by atoms with Crippen molar-refractivity contribution in [3.05, 3.63) is 52.7 Å². The smallest absolute Gasteiger partial charge is 0.234 e. The van der Waals surface area contributed by atoms with Crippen LogP contribution in [0, 0.1) is 20.8 Å². The Labute approximate surface area is 173 Å². The fourth-order valence-electron chi connectivity index (χ4n) is 4.02. The Balaban J connectivity index is 1.42. The van der Waals surface area contributed by atoms with E-state index in [0.29, 0.717) is 13.1 Å². The second-order valence-corrected chi connectivity index (χ2v) is 7.79. The van der Waals surface area contributed by atoms with Crippen molar-refractivity contribution in [2.45, 2.75) is 27.2 Å². The lowest BCUT2D eigenvalue weighted by molar-refractivity contribution is -0.122. The van der Waals surface area contributed by atoms with Gasteiger partial charge in [0.1, 0.15) is 11.6 Å². The zero-order valence-electron chi connectivity index (χ0n) is 18.0. The van der Waals surface area contributed by atoms with E-state index in [1.807, 2.05) is 12.1 Å². The highest BCUT2D eigenvalue weighted by atomic mass is 16.5. The molecule has 1 N–H and O–H groups in total. The van der Waals surface area contributed by atoms with Gasteiger partial charge in [0.15, 0.2) is 0 Å². The van der Waals surface area contributed by atoms with Crippen LogP contribution in [-0.2, 0) is 11.2 Å². The monoisotopic (exact) mass is 396 g/mol. The summed E-state index contributed by atoms with van der Waals surface area (Å²) in [6.07, 6.45) is 2.64. The number of piperazine rings is 1. The van der Waals surface area contributed by atoms with Gasteiger partial charge in [-0.05, 0) is 49.9 Å². The molecule has 1 fully saturated rings. The lowest BCUT2D eigenvalue weighted by Gasteiger charge is -2.35. The van der Waals surface area contributed by atoms with Crippen LogP contribution in [-0.4, -0.2) is 62.2 Å².